The lowest BCUT2D eigenvalue weighted by Gasteiger charge is -2.40. The van der Waals surface area contributed by atoms with Crippen LogP contribution in [-0.2, 0) is 14.3 Å². The van der Waals surface area contributed by atoms with Crippen LogP contribution in [0.2, 0.25) is 0 Å². The molecule has 0 aromatic heterocycles. The highest BCUT2D eigenvalue weighted by molar-refractivity contribution is 5.80. The van der Waals surface area contributed by atoms with Crippen molar-refractivity contribution >= 4 is 5.91 Å². The number of aliphatic hydroxyl groups excluding tert-OH is 7. The van der Waals surface area contributed by atoms with Crippen LogP contribution in [0.3, 0.4) is 0 Å². The van der Waals surface area contributed by atoms with Crippen LogP contribution in [0, 0.1) is 0 Å². The van der Waals surface area contributed by atoms with E-state index in [-0.39, 0.29) is 12.8 Å². The van der Waals surface area contributed by atoms with Gasteiger partial charge < -0.3 is 50.5 Å². The molecule has 0 aromatic carbocycles. The Hall–Kier alpha value is -1.41. The van der Waals surface area contributed by atoms with Crippen molar-refractivity contribution in [2.24, 2.45) is 0 Å². The van der Waals surface area contributed by atoms with Gasteiger partial charge in [-0.1, -0.05) is 327 Å². The predicted octanol–water partition coefficient (Wildman–Crippen LogP) is 18.0. The lowest BCUT2D eigenvalue weighted by Crippen LogP contribution is -2.60. The maximum Gasteiger partial charge on any atom is 0.249 e. The number of amides is 1. The first-order valence-corrected chi connectivity index (χ1v) is 36.7. The highest BCUT2D eigenvalue weighted by atomic mass is 16.7. The highest BCUT2D eigenvalue weighted by Crippen LogP contribution is 2.24. The molecule has 1 amide bonds. The van der Waals surface area contributed by atoms with Crippen LogP contribution in [-0.4, -0.2) is 110 Å². The van der Waals surface area contributed by atoms with Crippen LogP contribution in [0.1, 0.15) is 367 Å². The summed E-state index contributed by atoms with van der Waals surface area (Å²) in [6.07, 6.45) is 67.0. The van der Waals surface area contributed by atoms with Gasteiger partial charge in [0.05, 0.1) is 25.4 Å². The van der Waals surface area contributed by atoms with Gasteiger partial charge in [-0.15, -0.1) is 0 Å². The Labute approximate surface area is 518 Å². The van der Waals surface area contributed by atoms with Gasteiger partial charge in [-0.25, -0.2) is 0 Å². The number of rotatable bonds is 65. The second-order valence-electron chi connectivity index (χ2n) is 26.0. The molecule has 0 aromatic rings. The standard InChI is InChI=1S/C73H141NO10/c1-3-5-7-9-11-13-15-17-19-21-23-25-27-29-31-32-33-34-35-37-39-41-43-45-47-49-51-53-55-57-59-61-66(77)72(82)74-64(63-83-73-71(81)70(80)69(79)67(62-75)84-73)68(78)65(76)60-58-56-54-52-50-48-46-44-42-40-38-36-30-28-26-24-22-20-18-16-14-12-10-8-6-4-2/h29,31,52,54,64-71,73,75-81H,3-28,30,32-51,53,55-63H2,1-2H3,(H,74,82)/b31-29-,54-52+. The molecular formula is C73H141NO10. The molecule has 11 heteroatoms. The molecule has 0 saturated carbocycles. The predicted molar refractivity (Wildman–Crippen MR) is 353 cm³/mol. The van der Waals surface area contributed by atoms with E-state index in [4.69, 9.17) is 9.47 Å². The van der Waals surface area contributed by atoms with Crippen molar-refractivity contribution in [2.75, 3.05) is 13.2 Å². The van der Waals surface area contributed by atoms with Gasteiger partial charge in [-0.3, -0.25) is 4.79 Å². The normalized spacial score (nSPS) is 19.0. The summed E-state index contributed by atoms with van der Waals surface area (Å²) >= 11 is 0. The quantitative estimate of drug-likeness (QED) is 0.0215. The topological polar surface area (TPSA) is 189 Å². The van der Waals surface area contributed by atoms with Crippen molar-refractivity contribution in [2.45, 2.75) is 422 Å². The lowest BCUT2D eigenvalue weighted by atomic mass is 9.98. The van der Waals surface area contributed by atoms with E-state index >= 15 is 0 Å². The SMILES string of the molecule is CCCCCCCCCCCCCC/C=C\CCCCCCCCCCCCCCCCCC(O)C(=O)NC(COC1OC(CO)C(O)C(O)C1O)C(O)C(O)CCC/C=C/CCCCCCCCCCCCCCCCCCCCCCC. The summed E-state index contributed by atoms with van der Waals surface area (Å²) in [6.45, 7) is 3.51. The van der Waals surface area contributed by atoms with Gasteiger partial charge in [0.2, 0.25) is 5.91 Å². The first kappa shape index (κ1) is 80.6. The number of hydrogen-bond acceptors (Lipinski definition) is 10. The molecule has 0 bridgehead atoms. The third-order valence-corrected chi connectivity index (χ3v) is 18.0. The zero-order valence-electron chi connectivity index (χ0n) is 55.2. The summed E-state index contributed by atoms with van der Waals surface area (Å²) in [7, 11) is 0. The Balaban J connectivity index is 2.19. The van der Waals surface area contributed by atoms with Crippen LogP contribution in [0.15, 0.2) is 24.3 Å². The van der Waals surface area contributed by atoms with Gasteiger partial charge >= 0.3 is 0 Å². The van der Waals surface area contributed by atoms with Crippen molar-refractivity contribution in [3.63, 3.8) is 0 Å². The average Bonchev–Trinajstić information content (AvgIpc) is 3.66. The maximum absolute atomic E-state index is 13.3. The van der Waals surface area contributed by atoms with E-state index in [1.165, 1.54) is 289 Å². The summed E-state index contributed by atoms with van der Waals surface area (Å²) in [5.41, 5.74) is 0. The number of allylic oxidation sites excluding steroid dienone is 4. The van der Waals surface area contributed by atoms with Gasteiger partial charge in [-0.05, 0) is 64.2 Å². The second-order valence-corrected chi connectivity index (χ2v) is 26.0. The molecule has 1 aliphatic rings. The first-order valence-electron chi connectivity index (χ1n) is 36.7. The molecule has 0 aliphatic carbocycles. The Morgan fingerprint density at radius 1 is 0.405 bits per heavy atom. The Morgan fingerprint density at radius 3 is 1.02 bits per heavy atom. The number of carbonyl (C=O) groups is 1. The smallest absolute Gasteiger partial charge is 0.249 e. The van der Waals surface area contributed by atoms with Gasteiger partial charge in [0.25, 0.3) is 0 Å². The molecule has 1 aliphatic heterocycles. The lowest BCUT2D eigenvalue weighted by molar-refractivity contribution is -0.303. The zero-order valence-corrected chi connectivity index (χ0v) is 55.2. The minimum absolute atomic E-state index is 0.257. The molecule has 9 unspecified atom stereocenters. The van der Waals surface area contributed by atoms with Crippen molar-refractivity contribution in [3.8, 4) is 0 Å². The fourth-order valence-electron chi connectivity index (χ4n) is 12.1. The minimum Gasteiger partial charge on any atom is -0.394 e. The Morgan fingerprint density at radius 2 is 0.702 bits per heavy atom. The Kier molecular flexibility index (Phi) is 59.3. The zero-order chi connectivity index (χ0) is 61.0. The van der Waals surface area contributed by atoms with Crippen LogP contribution < -0.4 is 5.32 Å². The van der Waals surface area contributed by atoms with Crippen molar-refractivity contribution < 1.29 is 50.0 Å². The average molecular weight is 1190 g/mol. The van der Waals surface area contributed by atoms with Gasteiger partial charge in [0.1, 0.15) is 36.6 Å². The summed E-state index contributed by atoms with van der Waals surface area (Å²) in [5.74, 6) is -0.699. The van der Waals surface area contributed by atoms with Crippen LogP contribution in [0.25, 0.3) is 0 Å². The molecule has 8 N–H and O–H groups in total. The summed E-state index contributed by atoms with van der Waals surface area (Å²) in [5, 5.41) is 76.6. The molecule has 0 radical (unpaired) electrons. The number of ether oxygens (including phenoxy) is 2. The van der Waals surface area contributed by atoms with E-state index < -0.39 is 74.2 Å². The van der Waals surface area contributed by atoms with Crippen LogP contribution in [0.4, 0.5) is 0 Å². The van der Waals surface area contributed by atoms with Crippen molar-refractivity contribution in [1.82, 2.24) is 5.32 Å². The van der Waals surface area contributed by atoms with Crippen LogP contribution in [0.5, 0.6) is 0 Å². The molecule has 84 heavy (non-hydrogen) atoms. The summed E-state index contributed by atoms with van der Waals surface area (Å²) in [4.78, 5) is 13.3. The van der Waals surface area contributed by atoms with E-state index in [1.54, 1.807) is 0 Å². The fourth-order valence-corrected chi connectivity index (χ4v) is 12.1. The van der Waals surface area contributed by atoms with E-state index in [9.17, 15) is 40.5 Å². The molecule has 498 valence electrons. The molecule has 0 spiro atoms. The third kappa shape index (κ3) is 48.5. The number of unbranched alkanes of at least 4 members (excludes halogenated alkanes) is 49. The molecule has 11 nitrogen and oxygen atoms in total. The monoisotopic (exact) mass is 1190 g/mol. The number of hydrogen-bond donors (Lipinski definition) is 8. The maximum atomic E-state index is 13.3. The van der Waals surface area contributed by atoms with Gasteiger partial charge in [0.15, 0.2) is 6.29 Å². The Bertz CT molecular complexity index is 1420. The molecule has 1 heterocycles. The van der Waals surface area contributed by atoms with E-state index in [0.717, 1.165) is 38.5 Å². The molecular weight excluding hydrogens is 1050 g/mol. The van der Waals surface area contributed by atoms with Crippen molar-refractivity contribution in [3.05, 3.63) is 24.3 Å². The fraction of sp³-hybridized carbons (Fsp3) is 0.932. The number of carbonyl (C=O) groups excluding carboxylic acids is 1. The van der Waals surface area contributed by atoms with E-state index in [1.807, 2.05) is 0 Å². The third-order valence-electron chi connectivity index (χ3n) is 18.0. The molecule has 1 saturated heterocycles. The first-order chi connectivity index (χ1) is 41.2. The molecule has 1 fully saturated rings. The van der Waals surface area contributed by atoms with E-state index in [0.29, 0.717) is 12.8 Å². The van der Waals surface area contributed by atoms with E-state index in [2.05, 4.69) is 43.5 Å². The summed E-state index contributed by atoms with van der Waals surface area (Å²) < 4.78 is 11.2. The number of aliphatic hydroxyl groups is 7. The van der Waals surface area contributed by atoms with Crippen molar-refractivity contribution in [1.29, 1.82) is 0 Å². The van der Waals surface area contributed by atoms with Gasteiger partial charge in [-0.2, -0.15) is 0 Å². The largest absolute Gasteiger partial charge is 0.394 e. The second kappa shape index (κ2) is 61.8. The van der Waals surface area contributed by atoms with Gasteiger partial charge in [0, 0.05) is 0 Å². The molecule has 1 rings (SSSR count). The summed E-state index contributed by atoms with van der Waals surface area (Å²) in [6, 6.07) is -1.18. The molecule has 9 atom stereocenters. The highest BCUT2D eigenvalue weighted by Gasteiger charge is 2.44. The van der Waals surface area contributed by atoms with Crippen LogP contribution >= 0.6 is 0 Å². The number of nitrogens with one attached hydrogen (secondary N) is 1. The minimum atomic E-state index is -1.67.